The first-order chi connectivity index (χ1) is 4.63. The van der Waals surface area contributed by atoms with E-state index in [-0.39, 0.29) is 0 Å². The number of ether oxygens (including phenoxy) is 1. The minimum Gasteiger partial charge on any atom is -0.432 e. The van der Waals surface area contributed by atoms with Crippen LogP contribution in [0, 0.1) is 0 Å². The Balaban J connectivity index is 4.11. The summed E-state index contributed by atoms with van der Waals surface area (Å²) in [5, 5.41) is 18.1. The lowest BCUT2D eigenvalue weighted by molar-refractivity contribution is -0.210. The molecule has 66 valence electrons. The van der Waals surface area contributed by atoms with Gasteiger partial charge in [0.15, 0.2) is 5.60 Å². The van der Waals surface area contributed by atoms with Crippen molar-refractivity contribution in [3.8, 4) is 0 Å². The average molecular weight is 162 g/mol. The highest BCUT2D eigenvalue weighted by molar-refractivity contribution is 5.78. The van der Waals surface area contributed by atoms with Gasteiger partial charge in [-0.1, -0.05) is 0 Å². The summed E-state index contributed by atoms with van der Waals surface area (Å²) in [5.74, 6) is -2.37. The van der Waals surface area contributed by atoms with Gasteiger partial charge >= 0.3 is 5.97 Å². The Morgan fingerprint density at radius 1 is 1.18 bits per heavy atom. The molecule has 0 aromatic heterocycles. The fourth-order valence-corrected chi connectivity index (χ4v) is 0.352. The van der Waals surface area contributed by atoms with Gasteiger partial charge in [0.05, 0.1) is 0 Å². The zero-order chi connectivity index (χ0) is 9.28. The number of carbonyl (C=O) groups excluding carboxylic acids is 1. The van der Waals surface area contributed by atoms with E-state index in [0.29, 0.717) is 0 Å². The highest BCUT2D eigenvalue weighted by Crippen LogP contribution is 2.10. The number of aliphatic hydroxyl groups is 2. The molecule has 0 radical (unpaired) electrons. The lowest BCUT2D eigenvalue weighted by Gasteiger charge is -2.23. The highest BCUT2D eigenvalue weighted by atomic mass is 16.7. The monoisotopic (exact) mass is 162 g/mol. The Hall–Kier alpha value is -0.610. The Kier molecular flexibility index (Phi) is 2.64. The third-order valence-corrected chi connectivity index (χ3v) is 0.842. The van der Waals surface area contributed by atoms with Crippen LogP contribution in [0.15, 0.2) is 0 Å². The van der Waals surface area contributed by atoms with Crippen molar-refractivity contribution in [3.05, 3.63) is 0 Å². The molecule has 0 rings (SSSR count). The molecule has 0 aliphatic carbocycles. The van der Waals surface area contributed by atoms with E-state index in [4.69, 9.17) is 10.2 Å². The van der Waals surface area contributed by atoms with E-state index in [1.54, 1.807) is 0 Å². The fraction of sp³-hybridized carbons (Fsp3) is 0.857. The number of rotatable bonds is 2. The molecule has 0 amide bonds. The Morgan fingerprint density at radius 3 is 1.64 bits per heavy atom. The predicted molar refractivity (Wildman–Crippen MR) is 38.7 cm³/mol. The molecule has 0 aromatic carbocycles. The molecule has 4 nitrogen and oxygen atoms in total. The lowest BCUT2D eigenvalue weighted by atomic mass is 10.1. The first-order valence-electron chi connectivity index (χ1n) is 3.31. The Bertz CT molecular complexity index is 149. The quantitative estimate of drug-likeness (QED) is 0.444. The largest absolute Gasteiger partial charge is 0.432 e. The molecule has 0 saturated carbocycles. The molecule has 0 aliphatic heterocycles. The van der Waals surface area contributed by atoms with Gasteiger partial charge in [0.2, 0.25) is 5.79 Å². The van der Waals surface area contributed by atoms with Crippen molar-refractivity contribution in [2.24, 2.45) is 0 Å². The smallest absolute Gasteiger partial charge is 0.339 e. The summed E-state index contributed by atoms with van der Waals surface area (Å²) in [4.78, 5) is 10.8. The van der Waals surface area contributed by atoms with Crippen molar-refractivity contribution in [1.82, 2.24) is 0 Å². The summed E-state index contributed by atoms with van der Waals surface area (Å²) < 4.78 is 4.47. The second-order valence-corrected chi connectivity index (χ2v) is 3.40. The molecular weight excluding hydrogens is 148 g/mol. The summed E-state index contributed by atoms with van der Waals surface area (Å²) in [6.07, 6.45) is 0. The van der Waals surface area contributed by atoms with Crippen molar-refractivity contribution in [3.63, 3.8) is 0 Å². The summed E-state index contributed by atoms with van der Waals surface area (Å²) in [6, 6.07) is 0. The van der Waals surface area contributed by atoms with Crippen LogP contribution < -0.4 is 0 Å². The molecule has 0 aliphatic rings. The molecule has 0 atom stereocenters. The van der Waals surface area contributed by atoms with Crippen LogP contribution >= 0.6 is 0 Å². The maximum atomic E-state index is 10.8. The second kappa shape index (κ2) is 2.79. The van der Waals surface area contributed by atoms with Gasteiger partial charge in [-0.2, -0.15) is 0 Å². The van der Waals surface area contributed by atoms with E-state index < -0.39 is 17.4 Å². The summed E-state index contributed by atoms with van der Waals surface area (Å²) in [7, 11) is 0. The minimum absolute atomic E-state index is 0.843. The molecule has 2 N–H and O–H groups in total. The third kappa shape index (κ3) is 4.75. The van der Waals surface area contributed by atoms with Crippen LogP contribution in [0.5, 0.6) is 0 Å². The molecule has 0 bridgehead atoms. The topological polar surface area (TPSA) is 66.8 Å². The van der Waals surface area contributed by atoms with Gasteiger partial charge in [0.25, 0.3) is 0 Å². The van der Waals surface area contributed by atoms with Crippen LogP contribution in [-0.2, 0) is 9.53 Å². The van der Waals surface area contributed by atoms with Crippen LogP contribution in [0.4, 0.5) is 0 Å². The molecule has 0 heterocycles. The summed E-state index contributed by atoms with van der Waals surface area (Å²) >= 11 is 0. The first-order valence-corrected chi connectivity index (χ1v) is 3.31. The molecule has 0 saturated heterocycles. The molecule has 4 heteroatoms. The third-order valence-electron chi connectivity index (χ3n) is 0.842. The van der Waals surface area contributed by atoms with E-state index in [9.17, 15) is 4.79 Å². The normalized spacial score (nSPS) is 12.9. The highest BCUT2D eigenvalue weighted by Gasteiger charge is 2.30. The van der Waals surface area contributed by atoms with Gasteiger partial charge in [0, 0.05) is 13.8 Å². The zero-order valence-corrected chi connectivity index (χ0v) is 7.21. The van der Waals surface area contributed by atoms with Crippen molar-refractivity contribution >= 4 is 5.97 Å². The van der Waals surface area contributed by atoms with Crippen molar-refractivity contribution in [2.45, 2.75) is 39.1 Å². The van der Waals surface area contributed by atoms with Crippen molar-refractivity contribution in [2.75, 3.05) is 0 Å². The molecule has 0 unspecified atom stereocenters. The summed E-state index contributed by atoms with van der Waals surface area (Å²) in [6.45, 7) is 5.22. The van der Waals surface area contributed by atoms with Crippen LogP contribution in [0.3, 0.4) is 0 Å². The van der Waals surface area contributed by atoms with Gasteiger partial charge in [0.1, 0.15) is 0 Å². The number of hydrogen-bond donors (Lipinski definition) is 2. The molecule has 0 fully saturated rings. The van der Waals surface area contributed by atoms with Gasteiger partial charge in [-0.3, -0.25) is 0 Å². The van der Waals surface area contributed by atoms with Gasteiger partial charge in [-0.15, -0.1) is 0 Å². The predicted octanol–water partition coefficient (Wildman–Crippen LogP) is 0.0289. The molecule has 0 spiro atoms. The van der Waals surface area contributed by atoms with E-state index >= 15 is 0 Å². The van der Waals surface area contributed by atoms with E-state index in [1.807, 2.05) is 0 Å². The lowest BCUT2D eigenvalue weighted by Crippen LogP contribution is -2.39. The van der Waals surface area contributed by atoms with Gasteiger partial charge < -0.3 is 14.9 Å². The van der Waals surface area contributed by atoms with Gasteiger partial charge in [-0.25, -0.2) is 4.79 Å². The van der Waals surface area contributed by atoms with Crippen molar-refractivity contribution < 1.29 is 19.7 Å². The molecule has 0 aromatic rings. The first kappa shape index (κ1) is 10.4. The van der Waals surface area contributed by atoms with Crippen LogP contribution in [-0.4, -0.2) is 27.6 Å². The maximum absolute atomic E-state index is 10.8. The summed E-state index contributed by atoms with van der Waals surface area (Å²) in [5.41, 5.74) is -1.56. The van der Waals surface area contributed by atoms with E-state index in [2.05, 4.69) is 4.74 Å². The number of carbonyl (C=O) groups is 1. The van der Waals surface area contributed by atoms with E-state index in [1.165, 1.54) is 27.7 Å². The fourth-order valence-electron chi connectivity index (χ4n) is 0.352. The van der Waals surface area contributed by atoms with Crippen molar-refractivity contribution in [1.29, 1.82) is 0 Å². The minimum atomic E-state index is -1.56. The average Bonchev–Trinajstić information content (AvgIpc) is 1.56. The molecular formula is C7H14O4. The number of esters is 1. The zero-order valence-electron chi connectivity index (χ0n) is 7.21. The van der Waals surface area contributed by atoms with E-state index in [0.717, 1.165) is 0 Å². The van der Waals surface area contributed by atoms with Crippen LogP contribution in [0.1, 0.15) is 27.7 Å². The second-order valence-electron chi connectivity index (χ2n) is 3.40. The van der Waals surface area contributed by atoms with Crippen LogP contribution in [0.25, 0.3) is 0 Å². The van der Waals surface area contributed by atoms with Crippen LogP contribution in [0.2, 0.25) is 0 Å². The SMILES string of the molecule is CC(C)(O)OC(=O)C(C)(C)O. The standard InChI is InChI=1S/C7H14O4/c1-6(2,9)5(8)11-7(3,4)10/h9-10H,1-4H3. The Labute approximate surface area is 65.8 Å². The number of hydrogen-bond acceptors (Lipinski definition) is 4. The van der Waals surface area contributed by atoms with Gasteiger partial charge in [-0.05, 0) is 13.8 Å². The molecule has 11 heavy (non-hydrogen) atoms. The Morgan fingerprint density at radius 2 is 1.55 bits per heavy atom. The maximum Gasteiger partial charge on any atom is 0.339 e.